The molecule has 0 radical (unpaired) electrons. The molecule has 2 heterocycles. The summed E-state index contributed by atoms with van der Waals surface area (Å²) in [6.07, 6.45) is 0.815. The van der Waals surface area contributed by atoms with Gasteiger partial charge in [0.1, 0.15) is 0 Å². The Kier molecular flexibility index (Phi) is 4.47. The van der Waals surface area contributed by atoms with Gasteiger partial charge in [-0.3, -0.25) is 0 Å². The van der Waals surface area contributed by atoms with Crippen molar-refractivity contribution in [1.82, 2.24) is 30.3 Å². The number of rotatable bonds is 6. The summed E-state index contributed by atoms with van der Waals surface area (Å²) >= 11 is 1.46. The number of aromatic nitrogens is 6. The summed E-state index contributed by atoms with van der Waals surface area (Å²) in [5, 5.41) is 16.4. The minimum absolute atomic E-state index is 0.503. The first-order valence-corrected chi connectivity index (χ1v) is 7.99. The van der Waals surface area contributed by atoms with E-state index >= 15 is 0 Å². The normalized spacial score (nSPS) is 11.2. The predicted molar refractivity (Wildman–Crippen MR) is 81.6 cm³/mol. The van der Waals surface area contributed by atoms with Gasteiger partial charge in [0.05, 0.1) is 11.4 Å². The maximum atomic E-state index is 5.25. The van der Waals surface area contributed by atoms with E-state index in [1.807, 2.05) is 30.3 Å². The van der Waals surface area contributed by atoms with Crippen LogP contribution in [0.3, 0.4) is 0 Å². The average Bonchev–Trinajstić information content (AvgIpc) is 3.14. The molecule has 0 fully saturated rings. The second-order valence-corrected chi connectivity index (χ2v) is 6.14. The molecule has 7 nitrogen and oxygen atoms in total. The second kappa shape index (κ2) is 6.69. The molecule has 0 bridgehead atoms. The molecule has 22 heavy (non-hydrogen) atoms. The fraction of sp³-hybridized carbons (Fsp3) is 0.357. The molecular weight excluding hydrogens is 300 g/mol. The van der Waals surface area contributed by atoms with Gasteiger partial charge in [-0.15, -0.1) is 5.10 Å². The topological polar surface area (TPSA) is 82.5 Å². The monoisotopic (exact) mass is 316 g/mol. The summed E-state index contributed by atoms with van der Waals surface area (Å²) in [6, 6.07) is 9.75. The third-order valence-electron chi connectivity index (χ3n) is 2.87. The van der Waals surface area contributed by atoms with E-state index in [9.17, 15) is 0 Å². The van der Waals surface area contributed by atoms with Crippen molar-refractivity contribution < 1.29 is 4.52 Å². The fourth-order valence-electron chi connectivity index (χ4n) is 1.92. The van der Waals surface area contributed by atoms with Crippen molar-refractivity contribution in [3.8, 4) is 5.69 Å². The van der Waals surface area contributed by atoms with Crippen molar-refractivity contribution in [2.24, 2.45) is 5.92 Å². The van der Waals surface area contributed by atoms with Gasteiger partial charge in [0.25, 0.3) is 0 Å². The average molecular weight is 316 g/mol. The minimum Gasteiger partial charge on any atom is -0.338 e. The van der Waals surface area contributed by atoms with Crippen LogP contribution in [0.2, 0.25) is 0 Å². The van der Waals surface area contributed by atoms with Gasteiger partial charge >= 0.3 is 0 Å². The van der Waals surface area contributed by atoms with Gasteiger partial charge in [0, 0.05) is 6.42 Å². The quantitative estimate of drug-likeness (QED) is 0.646. The molecule has 0 spiro atoms. The molecule has 0 saturated heterocycles. The Balaban J connectivity index is 1.68. The van der Waals surface area contributed by atoms with Crippen molar-refractivity contribution in [3.63, 3.8) is 0 Å². The summed E-state index contributed by atoms with van der Waals surface area (Å²) < 4.78 is 6.94. The Hall–Kier alpha value is -2.22. The number of tetrazole rings is 1. The standard InChI is InChI=1S/C14H16N6OS/c1-10(2)8-12-15-13(21-17-12)9-22-14-16-18-19-20(14)11-6-4-3-5-7-11/h3-7,10H,8-9H2,1-2H3. The first-order valence-electron chi connectivity index (χ1n) is 7.00. The Labute approximate surface area is 132 Å². The van der Waals surface area contributed by atoms with Crippen molar-refractivity contribution in [2.75, 3.05) is 0 Å². The molecule has 0 aliphatic rings. The number of benzene rings is 1. The third-order valence-corrected chi connectivity index (χ3v) is 3.77. The first kappa shape index (κ1) is 14.7. The van der Waals surface area contributed by atoms with E-state index in [1.54, 1.807) is 4.68 Å². The van der Waals surface area contributed by atoms with Gasteiger partial charge in [0.2, 0.25) is 11.0 Å². The van der Waals surface area contributed by atoms with Gasteiger partial charge in [0.15, 0.2) is 5.82 Å². The van der Waals surface area contributed by atoms with Crippen LogP contribution in [-0.4, -0.2) is 30.3 Å². The molecule has 8 heteroatoms. The first-order chi connectivity index (χ1) is 10.7. The molecular formula is C14H16N6OS. The van der Waals surface area contributed by atoms with Crippen LogP contribution in [0.1, 0.15) is 25.6 Å². The smallest absolute Gasteiger partial charge is 0.237 e. The van der Waals surface area contributed by atoms with E-state index in [0.29, 0.717) is 22.7 Å². The van der Waals surface area contributed by atoms with Crippen LogP contribution < -0.4 is 0 Å². The SMILES string of the molecule is CC(C)Cc1noc(CSc2nnnn2-c2ccccc2)n1. The number of nitrogens with zero attached hydrogens (tertiary/aromatic N) is 6. The van der Waals surface area contributed by atoms with E-state index in [1.165, 1.54) is 11.8 Å². The Morgan fingerprint density at radius 3 is 2.82 bits per heavy atom. The molecule has 114 valence electrons. The van der Waals surface area contributed by atoms with Crippen LogP contribution in [0.4, 0.5) is 0 Å². The van der Waals surface area contributed by atoms with Crippen LogP contribution in [0.15, 0.2) is 40.0 Å². The lowest BCUT2D eigenvalue weighted by Gasteiger charge is -2.02. The van der Waals surface area contributed by atoms with Crippen LogP contribution in [0, 0.1) is 5.92 Å². The van der Waals surface area contributed by atoms with E-state index in [-0.39, 0.29) is 0 Å². The molecule has 0 unspecified atom stereocenters. The zero-order chi connectivity index (χ0) is 15.4. The maximum Gasteiger partial charge on any atom is 0.237 e. The summed E-state index contributed by atoms with van der Waals surface area (Å²) in [7, 11) is 0. The number of para-hydroxylation sites is 1. The van der Waals surface area contributed by atoms with Crippen LogP contribution in [0.5, 0.6) is 0 Å². The van der Waals surface area contributed by atoms with Crippen LogP contribution in [0.25, 0.3) is 5.69 Å². The highest BCUT2D eigenvalue weighted by molar-refractivity contribution is 7.98. The van der Waals surface area contributed by atoms with Gasteiger partial charge in [-0.2, -0.15) is 9.67 Å². The molecule has 3 rings (SSSR count). The summed E-state index contributed by atoms with van der Waals surface area (Å²) in [4.78, 5) is 4.38. The Morgan fingerprint density at radius 1 is 1.23 bits per heavy atom. The van der Waals surface area contributed by atoms with Gasteiger partial charge in [-0.05, 0) is 28.5 Å². The summed E-state index contributed by atoms with van der Waals surface area (Å²) in [6.45, 7) is 4.25. The fourth-order valence-corrected chi connectivity index (χ4v) is 2.65. The molecule has 0 N–H and O–H groups in total. The maximum absolute atomic E-state index is 5.25. The molecule has 0 aliphatic carbocycles. The van der Waals surface area contributed by atoms with Crippen LogP contribution >= 0.6 is 11.8 Å². The Morgan fingerprint density at radius 2 is 2.05 bits per heavy atom. The van der Waals surface area contributed by atoms with Crippen molar-refractivity contribution in [3.05, 3.63) is 42.0 Å². The van der Waals surface area contributed by atoms with Gasteiger partial charge < -0.3 is 4.52 Å². The van der Waals surface area contributed by atoms with Crippen molar-refractivity contribution in [2.45, 2.75) is 31.2 Å². The lowest BCUT2D eigenvalue weighted by molar-refractivity contribution is 0.382. The van der Waals surface area contributed by atoms with E-state index in [0.717, 1.165) is 17.9 Å². The number of hydrogen-bond acceptors (Lipinski definition) is 7. The molecule has 3 aromatic rings. The molecule has 0 saturated carbocycles. The molecule has 0 aliphatic heterocycles. The lowest BCUT2D eigenvalue weighted by Crippen LogP contribution is -1.99. The Bertz CT molecular complexity index is 724. The summed E-state index contributed by atoms with van der Waals surface area (Å²) in [5.74, 6) is 2.37. The lowest BCUT2D eigenvalue weighted by atomic mass is 10.1. The van der Waals surface area contributed by atoms with E-state index in [4.69, 9.17) is 4.52 Å². The molecule has 0 atom stereocenters. The van der Waals surface area contributed by atoms with Crippen LogP contribution in [-0.2, 0) is 12.2 Å². The third kappa shape index (κ3) is 3.51. The number of thioether (sulfide) groups is 1. The minimum atomic E-state index is 0.503. The van der Waals surface area contributed by atoms with Gasteiger partial charge in [-0.25, -0.2) is 0 Å². The second-order valence-electron chi connectivity index (χ2n) is 5.20. The predicted octanol–water partition coefficient (Wildman–Crippen LogP) is 2.54. The van der Waals surface area contributed by atoms with Crippen molar-refractivity contribution >= 4 is 11.8 Å². The highest BCUT2D eigenvalue weighted by Gasteiger charge is 2.12. The van der Waals surface area contributed by atoms with E-state index in [2.05, 4.69) is 39.5 Å². The highest BCUT2D eigenvalue weighted by atomic mass is 32.2. The largest absolute Gasteiger partial charge is 0.338 e. The molecule has 2 aromatic heterocycles. The summed E-state index contributed by atoms with van der Waals surface area (Å²) in [5.41, 5.74) is 0.918. The zero-order valence-corrected chi connectivity index (χ0v) is 13.2. The zero-order valence-electron chi connectivity index (χ0n) is 12.4. The van der Waals surface area contributed by atoms with Gasteiger partial charge in [-0.1, -0.05) is 49.0 Å². The van der Waals surface area contributed by atoms with Crippen molar-refractivity contribution in [1.29, 1.82) is 0 Å². The highest BCUT2D eigenvalue weighted by Crippen LogP contribution is 2.21. The number of hydrogen-bond donors (Lipinski definition) is 0. The van der Waals surface area contributed by atoms with E-state index < -0.39 is 0 Å². The molecule has 1 aromatic carbocycles. The molecule has 0 amide bonds.